The number of rotatable bonds is 4. The van der Waals surface area contributed by atoms with Gasteiger partial charge in [0, 0.05) is 24.5 Å². The molecule has 1 fully saturated rings. The van der Waals surface area contributed by atoms with Crippen LogP contribution in [0, 0.1) is 5.92 Å². The minimum atomic E-state index is 0.160. The van der Waals surface area contributed by atoms with Gasteiger partial charge in [-0.25, -0.2) is 4.98 Å². The van der Waals surface area contributed by atoms with E-state index in [0.29, 0.717) is 5.92 Å². The van der Waals surface area contributed by atoms with Crippen molar-refractivity contribution in [2.45, 2.75) is 26.4 Å². The number of aromatic nitrogens is 2. The van der Waals surface area contributed by atoms with Crippen molar-refractivity contribution in [3.05, 3.63) is 28.2 Å². The maximum absolute atomic E-state index is 5.87. The molecule has 108 valence electrons. The molecule has 2 aromatic rings. The predicted molar refractivity (Wildman–Crippen MR) is 83.7 cm³/mol. The largest absolute Gasteiger partial charge is 0.370 e. The third-order valence-corrected chi connectivity index (χ3v) is 4.82. The van der Waals surface area contributed by atoms with Gasteiger partial charge in [0.1, 0.15) is 11.9 Å². The highest BCUT2D eigenvalue weighted by molar-refractivity contribution is 7.09. The Morgan fingerprint density at radius 1 is 1.50 bits per heavy atom. The van der Waals surface area contributed by atoms with Crippen LogP contribution >= 0.6 is 22.9 Å². The maximum atomic E-state index is 5.87. The highest BCUT2D eigenvalue weighted by atomic mass is 32.1. The summed E-state index contributed by atoms with van der Waals surface area (Å²) in [6.07, 6.45) is 1.11. The number of hydrogen-bond donors (Lipinski definition) is 0. The molecule has 0 aliphatic carbocycles. The Balaban J connectivity index is 1.69. The normalized spacial score (nSPS) is 19.8. The first-order valence-corrected chi connectivity index (χ1v) is 8.65. The Kier molecular flexibility index (Phi) is 4.33. The van der Waals surface area contributed by atoms with Crippen LogP contribution in [-0.2, 0) is 11.2 Å². The summed E-state index contributed by atoms with van der Waals surface area (Å²) in [4.78, 5) is 6.97. The summed E-state index contributed by atoms with van der Waals surface area (Å²) in [5, 5.41) is 5.30. The van der Waals surface area contributed by atoms with E-state index in [0.717, 1.165) is 37.1 Å². The zero-order chi connectivity index (χ0) is 13.9. The Morgan fingerprint density at radius 3 is 3.15 bits per heavy atom. The van der Waals surface area contributed by atoms with E-state index >= 15 is 0 Å². The molecule has 6 heteroatoms. The van der Waals surface area contributed by atoms with Crippen molar-refractivity contribution in [3.8, 4) is 0 Å². The molecule has 3 rings (SSSR count). The molecule has 0 amide bonds. The summed E-state index contributed by atoms with van der Waals surface area (Å²) in [6, 6.07) is 2.14. The lowest BCUT2D eigenvalue weighted by atomic mass is 10.1. The lowest BCUT2D eigenvalue weighted by molar-refractivity contribution is 0.0400. The molecule has 1 saturated heterocycles. The Labute approximate surface area is 127 Å². The maximum Gasteiger partial charge on any atom is 0.205 e. The van der Waals surface area contributed by atoms with E-state index in [1.807, 2.05) is 0 Å². The molecule has 0 unspecified atom stereocenters. The summed E-state index contributed by atoms with van der Waals surface area (Å²) >= 11 is 3.23. The zero-order valence-electron chi connectivity index (χ0n) is 11.8. The zero-order valence-corrected chi connectivity index (χ0v) is 13.4. The van der Waals surface area contributed by atoms with Crippen molar-refractivity contribution >= 4 is 28.0 Å². The standard InChI is InChI=1S/C14H19N3OS2/c1-10(2)7-13-15-14(20-16-13)17-4-5-18-12(8-17)11-3-6-19-9-11/h3,6,9-10,12H,4-5,7-8H2,1-2H3/t12-/m1/s1. The van der Waals surface area contributed by atoms with E-state index in [2.05, 4.69) is 44.9 Å². The van der Waals surface area contributed by atoms with Crippen molar-refractivity contribution in [3.63, 3.8) is 0 Å². The molecule has 3 heterocycles. The van der Waals surface area contributed by atoms with E-state index in [-0.39, 0.29) is 6.10 Å². The summed E-state index contributed by atoms with van der Waals surface area (Å²) in [5.74, 6) is 1.57. The SMILES string of the molecule is CC(C)Cc1nsc(N2CCO[C@@H](c3ccsc3)C2)n1. The molecular formula is C14H19N3OS2. The van der Waals surface area contributed by atoms with E-state index in [9.17, 15) is 0 Å². The molecular weight excluding hydrogens is 290 g/mol. The van der Waals surface area contributed by atoms with Crippen LogP contribution in [0.15, 0.2) is 16.8 Å². The van der Waals surface area contributed by atoms with Crippen molar-refractivity contribution in [2.75, 3.05) is 24.6 Å². The fourth-order valence-corrected chi connectivity index (χ4v) is 3.74. The third-order valence-electron chi connectivity index (χ3n) is 3.30. The van der Waals surface area contributed by atoms with Crippen LogP contribution in [0.1, 0.15) is 31.3 Å². The average Bonchev–Trinajstić information content (AvgIpc) is 3.09. The first kappa shape index (κ1) is 14.0. The fourth-order valence-electron chi connectivity index (χ4n) is 2.30. The minimum Gasteiger partial charge on any atom is -0.370 e. The van der Waals surface area contributed by atoms with Gasteiger partial charge in [-0.2, -0.15) is 15.7 Å². The van der Waals surface area contributed by atoms with Crippen molar-refractivity contribution in [1.82, 2.24) is 9.36 Å². The number of ether oxygens (including phenoxy) is 1. The van der Waals surface area contributed by atoms with Crippen LogP contribution in [0.2, 0.25) is 0 Å². The van der Waals surface area contributed by atoms with Gasteiger partial charge >= 0.3 is 0 Å². The second-order valence-electron chi connectivity index (χ2n) is 5.45. The molecule has 0 N–H and O–H groups in total. The topological polar surface area (TPSA) is 38.2 Å². The number of anilines is 1. The number of nitrogens with zero attached hydrogens (tertiary/aromatic N) is 3. The van der Waals surface area contributed by atoms with Crippen molar-refractivity contribution in [2.24, 2.45) is 5.92 Å². The van der Waals surface area contributed by atoms with Crippen LogP contribution in [0.5, 0.6) is 0 Å². The molecule has 20 heavy (non-hydrogen) atoms. The van der Waals surface area contributed by atoms with Gasteiger partial charge in [-0.05, 0) is 28.3 Å². The number of thiophene rings is 1. The molecule has 0 aromatic carbocycles. The summed E-state index contributed by atoms with van der Waals surface area (Å²) in [5.41, 5.74) is 1.27. The second kappa shape index (κ2) is 6.20. The van der Waals surface area contributed by atoms with Gasteiger partial charge < -0.3 is 9.64 Å². The first-order chi connectivity index (χ1) is 9.72. The predicted octanol–water partition coefficient (Wildman–Crippen LogP) is 3.38. The highest BCUT2D eigenvalue weighted by Crippen LogP contribution is 2.28. The van der Waals surface area contributed by atoms with Gasteiger partial charge in [-0.15, -0.1) is 0 Å². The van der Waals surface area contributed by atoms with Crippen molar-refractivity contribution < 1.29 is 4.74 Å². The molecule has 2 aromatic heterocycles. The average molecular weight is 309 g/mol. The monoisotopic (exact) mass is 309 g/mol. The molecule has 1 atom stereocenters. The summed E-state index contributed by atoms with van der Waals surface area (Å²) in [7, 11) is 0. The molecule has 1 aliphatic rings. The van der Waals surface area contributed by atoms with E-state index in [4.69, 9.17) is 4.74 Å². The van der Waals surface area contributed by atoms with Crippen LogP contribution in [0.25, 0.3) is 0 Å². The van der Waals surface area contributed by atoms with E-state index in [1.54, 1.807) is 11.3 Å². The molecule has 0 spiro atoms. The second-order valence-corrected chi connectivity index (χ2v) is 6.96. The highest BCUT2D eigenvalue weighted by Gasteiger charge is 2.24. The third kappa shape index (κ3) is 3.19. The van der Waals surface area contributed by atoms with Gasteiger partial charge in [-0.1, -0.05) is 13.8 Å². The molecule has 0 saturated carbocycles. The fraction of sp³-hybridized carbons (Fsp3) is 0.571. The van der Waals surface area contributed by atoms with E-state index < -0.39 is 0 Å². The molecule has 4 nitrogen and oxygen atoms in total. The van der Waals surface area contributed by atoms with Gasteiger partial charge in [0.2, 0.25) is 5.13 Å². The van der Waals surface area contributed by atoms with Gasteiger partial charge in [0.15, 0.2) is 0 Å². The smallest absolute Gasteiger partial charge is 0.205 e. The van der Waals surface area contributed by atoms with Crippen LogP contribution in [-0.4, -0.2) is 29.1 Å². The Morgan fingerprint density at radius 2 is 2.40 bits per heavy atom. The van der Waals surface area contributed by atoms with E-state index in [1.165, 1.54) is 17.1 Å². The summed E-state index contributed by atoms with van der Waals surface area (Å²) < 4.78 is 10.3. The number of morpholine rings is 1. The first-order valence-electron chi connectivity index (χ1n) is 6.93. The van der Waals surface area contributed by atoms with Crippen LogP contribution in [0.3, 0.4) is 0 Å². The molecule has 0 radical (unpaired) electrons. The molecule has 1 aliphatic heterocycles. The number of hydrogen-bond acceptors (Lipinski definition) is 6. The van der Waals surface area contributed by atoms with Gasteiger partial charge in [0.05, 0.1) is 13.2 Å². The lowest BCUT2D eigenvalue weighted by Crippen LogP contribution is -2.38. The lowest BCUT2D eigenvalue weighted by Gasteiger charge is -2.32. The van der Waals surface area contributed by atoms with Crippen LogP contribution < -0.4 is 4.90 Å². The summed E-state index contributed by atoms with van der Waals surface area (Å²) in [6.45, 7) is 6.91. The Hall–Kier alpha value is -0.980. The van der Waals surface area contributed by atoms with Gasteiger partial charge in [0.25, 0.3) is 0 Å². The molecule has 0 bridgehead atoms. The quantitative estimate of drug-likeness (QED) is 0.868. The van der Waals surface area contributed by atoms with Crippen molar-refractivity contribution in [1.29, 1.82) is 0 Å². The van der Waals surface area contributed by atoms with Gasteiger partial charge in [-0.3, -0.25) is 0 Å². The Bertz CT molecular complexity index is 538. The minimum absolute atomic E-state index is 0.160. The van der Waals surface area contributed by atoms with Crippen LogP contribution in [0.4, 0.5) is 5.13 Å².